The molecule has 1 atom stereocenters. The van der Waals surface area contributed by atoms with Gasteiger partial charge in [0.25, 0.3) is 0 Å². The summed E-state index contributed by atoms with van der Waals surface area (Å²) in [4.78, 5) is 3.98. The van der Waals surface area contributed by atoms with Crippen LogP contribution in [0.5, 0.6) is 0 Å². The number of aliphatic hydroxyl groups excluding tert-OH is 1. The monoisotopic (exact) mass is 254 g/mol. The third-order valence-electron chi connectivity index (χ3n) is 3.56. The Morgan fingerprint density at radius 1 is 1.41 bits per heavy atom. The van der Waals surface area contributed by atoms with E-state index in [9.17, 15) is 5.11 Å². The Labute approximate surface area is 107 Å². The molecule has 0 spiro atoms. The van der Waals surface area contributed by atoms with Crippen LogP contribution in [0.4, 0.5) is 5.82 Å². The lowest BCUT2D eigenvalue weighted by atomic mass is 9.84. The maximum absolute atomic E-state index is 10.2. The summed E-state index contributed by atoms with van der Waals surface area (Å²) in [5, 5.41) is 10.7. The van der Waals surface area contributed by atoms with Crippen LogP contribution >= 0.6 is 11.6 Å². The van der Waals surface area contributed by atoms with Crippen molar-refractivity contribution in [2.75, 3.05) is 5.73 Å². The number of pyridine rings is 1. The van der Waals surface area contributed by atoms with Gasteiger partial charge in [-0.05, 0) is 18.4 Å². The molecule has 0 saturated heterocycles. The van der Waals surface area contributed by atoms with Crippen LogP contribution in [0.1, 0.15) is 50.2 Å². The number of hydrogen-bond acceptors (Lipinski definition) is 3. The number of anilines is 1. The van der Waals surface area contributed by atoms with Gasteiger partial charge in [-0.25, -0.2) is 4.98 Å². The fourth-order valence-electron chi connectivity index (χ4n) is 2.60. The number of rotatable bonds is 3. The second kappa shape index (κ2) is 5.69. The molecule has 3 N–H and O–H groups in total. The van der Waals surface area contributed by atoms with Gasteiger partial charge in [0.1, 0.15) is 5.82 Å². The van der Waals surface area contributed by atoms with E-state index in [1.165, 1.54) is 38.3 Å². The zero-order valence-electron chi connectivity index (χ0n) is 9.90. The zero-order chi connectivity index (χ0) is 12.3. The Hall–Kier alpha value is -0.800. The largest absolute Gasteiger partial charge is 0.388 e. The summed E-state index contributed by atoms with van der Waals surface area (Å²) in [6, 6.07) is 1.72. The molecular formula is C13H19ClN2O. The van der Waals surface area contributed by atoms with Gasteiger partial charge in [0, 0.05) is 11.8 Å². The van der Waals surface area contributed by atoms with Crippen molar-refractivity contribution in [1.82, 2.24) is 4.98 Å². The highest BCUT2D eigenvalue weighted by atomic mass is 35.5. The number of hydrogen-bond donors (Lipinski definition) is 2. The maximum Gasteiger partial charge on any atom is 0.129 e. The summed E-state index contributed by atoms with van der Waals surface area (Å²) in [7, 11) is 0. The van der Waals surface area contributed by atoms with E-state index in [0.29, 0.717) is 22.3 Å². The normalized spacial score (nSPS) is 19.2. The molecular weight excluding hydrogens is 236 g/mol. The van der Waals surface area contributed by atoms with Crippen molar-refractivity contribution in [1.29, 1.82) is 0 Å². The number of halogens is 1. The van der Waals surface area contributed by atoms with Crippen molar-refractivity contribution in [2.24, 2.45) is 5.92 Å². The topological polar surface area (TPSA) is 59.1 Å². The first-order valence-corrected chi connectivity index (χ1v) is 6.63. The third kappa shape index (κ3) is 3.33. The summed E-state index contributed by atoms with van der Waals surface area (Å²) in [5.41, 5.74) is 6.44. The fourth-order valence-corrected chi connectivity index (χ4v) is 2.76. The van der Waals surface area contributed by atoms with E-state index in [1.54, 1.807) is 6.07 Å². The molecule has 17 heavy (non-hydrogen) atoms. The second-order valence-corrected chi connectivity index (χ2v) is 5.32. The molecule has 1 aliphatic rings. The van der Waals surface area contributed by atoms with Gasteiger partial charge >= 0.3 is 0 Å². The number of nitrogen functional groups attached to an aromatic ring is 1. The van der Waals surface area contributed by atoms with Gasteiger partial charge in [0.2, 0.25) is 0 Å². The third-order valence-corrected chi connectivity index (χ3v) is 3.76. The highest BCUT2D eigenvalue weighted by molar-refractivity contribution is 6.30. The molecule has 1 aromatic heterocycles. The van der Waals surface area contributed by atoms with Gasteiger partial charge in [-0.15, -0.1) is 0 Å². The molecule has 0 aliphatic heterocycles. The van der Waals surface area contributed by atoms with Crippen LogP contribution in [0.3, 0.4) is 0 Å². The van der Waals surface area contributed by atoms with E-state index in [-0.39, 0.29) is 0 Å². The minimum absolute atomic E-state index is 0.387. The predicted octanol–water partition coefficient (Wildman–Crippen LogP) is 3.32. The van der Waals surface area contributed by atoms with Crippen LogP contribution in [0.15, 0.2) is 12.3 Å². The average molecular weight is 255 g/mol. The van der Waals surface area contributed by atoms with Crippen LogP contribution in [0.25, 0.3) is 0 Å². The quantitative estimate of drug-likeness (QED) is 0.870. The van der Waals surface area contributed by atoms with E-state index in [1.807, 2.05) is 0 Å². The SMILES string of the molecule is Nc1ncc(Cl)cc1C(O)CC1CCCCC1. The molecule has 0 aromatic carbocycles. The van der Waals surface area contributed by atoms with Crippen LogP contribution < -0.4 is 5.73 Å². The van der Waals surface area contributed by atoms with Gasteiger partial charge in [0.15, 0.2) is 0 Å². The van der Waals surface area contributed by atoms with Gasteiger partial charge < -0.3 is 10.8 Å². The minimum Gasteiger partial charge on any atom is -0.388 e. The van der Waals surface area contributed by atoms with Crippen LogP contribution in [0.2, 0.25) is 5.02 Å². The smallest absolute Gasteiger partial charge is 0.129 e. The van der Waals surface area contributed by atoms with E-state index in [2.05, 4.69) is 4.98 Å². The van der Waals surface area contributed by atoms with E-state index in [4.69, 9.17) is 17.3 Å². The van der Waals surface area contributed by atoms with Crippen molar-refractivity contribution < 1.29 is 5.11 Å². The average Bonchev–Trinajstić information content (AvgIpc) is 2.33. The van der Waals surface area contributed by atoms with Crippen LogP contribution in [0, 0.1) is 5.92 Å². The molecule has 4 heteroatoms. The van der Waals surface area contributed by atoms with Gasteiger partial charge in [0.05, 0.1) is 11.1 Å². The van der Waals surface area contributed by atoms with Gasteiger partial charge in [-0.1, -0.05) is 43.7 Å². The Morgan fingerprint density at radius 2 is 2.12 bits per heavy atom. The van der Waals surface area contributed by atoms with E-state index >= 15 is 0 Å². The minimum atomic E-state index is -0.538. The molecule has 1 fully saturated rings. The lowest BCUT2D eigenvalue weighted by Crippen LogP contribution is -2.12. The highest BCUT2D eigenvalue weighted by Gasteiger charge is 2.20. The molecule has 1 aliphatic carbocycles. The van der Waals surface area contributed by atoms with Gasteiger partial charge in [-0.2, -0.15) is 0 Å². The lowest BCUT2D eigenvalue weighted by Gasteiger charge is -2.24. The van der Waals surface area contributed by atoms with Crippen LogP contribution in [-0.2, 0) is 0 Å². The molecule has 1 saturated carbocycles. The molecule has 94 valence electrons. The first kappa shape index (κ1) is 12.7. The molecule has 1 unspecified atom stereocenters. The number of aliphatic hydroxyl groups is 1. The molecule has 0 bridgehead atoms. The molecule has 1 heterocycles. The summed E-state index contributed by atoms with van der Waals surface area (Å²) in [5.74, 6) is 0.995. The predicted molar refractivity (Wildman–Crippen MR) is 69.8 cm³/mol. The summed E-state index contributed by atoms with van der Waals surface area (Å²) in [6.45, 7) is 0. The first-order valence-electron chi connectivity index (χ1n) is 6.26. The van der Waals surface area contributed by atoms with Crippen molar-refractivity contribution >= 4 is 17.4 Å². The van der Waals surface area contributed by atoms with Crippen molar-refractivity contribution in [3.05, 3.63) is 22.8 Å². The van der Waals surface area contributed by atoms with Crippen molar-refractivity contribution in [3.63, 3.8) is 0 Å². The fraction of sp³-hybridized carbons (Fsp3) is 0.615. The van der Waals surface area contributed by atoms with Gasteiger partial charge in [-0.3, -0.25) is 0 Å². The van der Waals surface area contributed by atoms with Crippen molar-refractivity contribution in [3.8, 4) is 0 Å². The van der Waals surface area contributed by atoms with Crippen LogP contribution in [-0.4, -0.2) is 10.1 Å². The Kier molecular flexibility index (Phi) is 4.24. The number of aromatic nitrogens is 1. The Bertz CT molecular complexity index is 378. The number of nitrogens with zero attached hydrogens (tertiary/aromatic N) is 1. The second-order valence-electron chi connectivity index (χ2n) is 4.88. The molecule has 3 nitrogen and oxygen atoms in total. The standard InChI is InChI=1S/C13H19ClN2O/c14-10-7-11(13(15)16-8-10)12(17)6-9-4-2-1-3-5-9/h7-9,12,17H,1-6H2,(H2,15,16). The molecule has 0 amide bonds. The van der Waals surface area contributed by atoms with Crippen molar-refractivity contribution in [2.45, 2.75) is 44.6 Å². The lowest BCUT2D eigenvalue weighted by molar-refractivity contribution is 0.132. The summed E-state index contributed by atoms with van der Waals surface area (Å²) in [6.07, 6.45) is 8.05. The van der Waals surface area contributed by atoms with E-state index < -0.39 is 6.10 Å². The first-order chi connectivity index (χ1) is 8.16. The summed E-state index contributed by atoms with van der Waals surface area (Å²) >= 11 is 5.87. The molecule has 2 rings (SSSR count). The van der Waals surface area contributed by atoms with E-state index in [0.717, 1.165) is 6.42 Å². The Balaban J connectivity index is 2.02. The Morgan fingerprint density at radius 3 is 2.82 bits per heavy atom. The number of nitrogens with two attached hydrogens (primary N) is 1. The maximum atomic E-state index is 10.2. The zero-order valence-corrected chi connectivity index (χ0v) is 10.7. The molecule has 0 radical (unpaired) electrons. The highest BCUT2D eigenvalue weighted by Crippen LogP contribution is 2.33. The molecule has 1 aromatic rings. The summed E-state index contributed by atoms with van der Waals surface area (Å²) < 4.78 is 0.